The van der Waals surface area contributed by atoms with Crippen molar-refractivity contribution in [3.8, 4) is 0 Å². The third-order valence-corrected chi connectivity index (χ3v) is 6.26. The molecule has 0 amide bonds. The number of benzene rings is 1. The second-order valence-electron chi connectivity index (χ2n) is 9.07. The molecule has 160 valence electrons. The Morgan fingerprint density at radius 1 is 1.14 bits per heavy atom. The van der Waals surface area contributed by atoms with Crippen molar-refractivity contribution in [2.24, 2.45) is 11.8 Å². The monoisotopic (exact) mass is 398 g/mol. The molecule has 0 saturated heterocycles. The van der Waals surface area contributed by atoms with Gasteiger partial charge < -0.3 is 9.47 Å². The first-order valence-electron chi connectivity index (χ1n) is 10.8. The van der Waals surface area contributed by atoms with E-state index in [4.69, 9.17) is 9.47 Å². The van der Waals surface area contributed by atoms with Gasteiger partial charge in [-0.05, 0) is 59.8 Å². The average molecular weight is 399 g/mol. The van der Waals surface area contributed by atoms with Crippen LogP contribution in [0.4, 0.5) is 0 Å². The summed E-state index contributed by atoms with van der Waals surface area (Å²) >= 11 is 0. The molecule has 0 radical (unpaired) electrons. The molecule has 0 heterocycles. The first-order valence-corrected chi connectivity index (χ1v) is 10.8. The molecule has 29 heavy (non-hydrogen) atoms. The Hall–Kier alpha value is -1.87. The second-order valence-corrected chi connectivity index (χ2v) is 9.07. The van der Waals surface area contributed by atoms with Gasteiger partial charge in [0.2, 0.25) is 0 Å². The van der Waals surface area contributed by atoms with Gasteiger partial charge in [-0.15, -0.1) is 0 Å². The van der Waals surface area contributed by atoms with E-state index in [1.54, 1.807) is 13.2 Å². The Morgan fingerprint density at radius 3 is 2.21 bits per heavy atom. The van der Waals surface area contributed by atoms with Gasteiger partial charge in [0.1, 0.15) is 0 Å². The highest BCUT2D eigenvalue weighted by molar-refractivity contribution is 5.83. The summed E-state index contributed by atoms with van der Waals surface area (Å²) in [7, 11) is 1.77. The minimum atomic E-state index is -0.284. The second kappa shape index (κ2) is 9.75. The molecule has 0 N–H and O–H groups in total. The van der Waals surface area contributed by atoms with Crippen LogP contribution in [0.3, 0.4) is 0 Å². The maximum absolute atomic E-state index is 11.7. The Bertz CT molecular complexity index is 746. The van der Waals surface area contributed by atoms with Gasteiger partial charge in [-0.1, -0.05) is 65.0 Å². The number of rotatable bonds is 9. The van der Waals surface area contributed by atoms with Crippen molar-refractivity contribution in [1.29, 1.82) is 0 Å². The zero-order valence-electron chi connectivity index (χ0n) is 19.4. The molecule has 1 aromatic carbocycles. The number of carbonyl (C=O) groups is 1. The standard InChI is InChI=1S/C26H38O3/c1-9-29-25(27)12-19(6)10-11-23-24(16-28-8)26(23,7)22-14-20(17(2)3)13-21(15-22)18(4)5/h10-15,17-18,23-24H,9,16H2,1-8H3/b11-10+,19-12+. The van der Waals surface area contributed by atoms with Crippen molar-refractivity contribution in [2.45, 2.75) is 65.7 Å². The van der Waals surface area contributed by atoms with Crippen LogP contribution in [0, 0.1) is 11.8 Å². The SMILES string of the molecule is CCOC(=O)/C=C(C)/C=C/C1C(COC)C1(C)c1cc(C(C)C)cc(C(C)C)c1. The first kappa shape index (κ1) is 23.4. The van der Waals surface area contributed by atoms with Crippen molar-refractivity contribution < 1.29 is 14.3 Å². The molecule has 0 bridgehead atoms. The van der Waals surface area contributed by atoms with Gasteiger partial charge in [-0.3, -0.25) is 0 Å². The fourth-order valence-electron chi connectivity index (χ4n) is 4.16. The summed E-state index contributed by atoms with van der Waals surface area (Å²) in [4.78, 5) is 11.7. The fourth-order valence-corrected chi connectivity index (χ4v) is 4.16. The van der Waals surface area contributed by atoms with E-state index in [1.807, 2.05) is 19.9 Å². The average Bonchev–Trinajstić information content (AvgIpc) is 3.23. The lowest BCUT2D eigenvalue weighted by Gasteiger charge is -2.19. The Kier molecular flexibility index (Phi) is 7.87. The van der Waals surface area contributed by atoms with Crippen LogP contribution in [0.5, 0.6) is 0 Å². The lowest BCUT2D eigenvalue weighted by molar-refractivity contribution is -0.137. The predicted molar refractivity (Wildman–Crippen MR) is 120 cm³/mol. The molecule has 3 nitrogen and oxygen atoms in total. The van der Waals surface area contributed by atoms with Crippen LogP contribution < -0.4 is 0 Å². The van der Waals surface area contributed by atoms with E-state index >= 15 is 0 Å². The van der Waals surface area contributed by atoms with Crippen molar-refractivity contribution in [1.82, 2.24) is 0 Å². The summed E-state index contributed by atoms with van der Waals surface area (Å²) in [5.74, 6) is 1.53. The number of hydrogen-bond donors (Lipinski definition) is 0. The van der Waals surface area contributed by atoms with E-state index in [2.05, 4.69) is 58.9 Å². The van der Waals surface area contributed by atoms with Gasteiger partial charge in [-0.25, -0.2) is 4.79 Å². The lowest BCUT2D eigenvalue weighted by Crippen LogP contribution is -2.10. The van der Waals surface area contributed by atoms with E-state index in [-0.39, 0.29) is 11.4 Å². The predicted octanol–water partition coefficient (Wildman–Crippen LogP) is 6.15. The molecule has 0 aromatic heterocycles. The minimum Gasteiger partial charge on any atom is -0.463 e. The van der Waals surface area contributed by atoms with Crippen molar-refractivity contribution in [3.63, 3.8) is 0 Å². The largest absolute Gasteiger partial charge is 0.463 e. The van der Waals surface area contributed by atoms with Gasteiger partial charge in [-0.2, -0.15) is 0 Å². The topological polar surface area (TPSA) is 35.5 Å². The smallest absolute Gasteiger partial charge is 0.330 e. The highest BCUT2D eigenvalue weighted by Crippen LogP contribution is 2.61. The van der Waals surface area contributed by atoms with Crippen molar-refractivity contribution in [3.05, 3.63) is 58.7 Å². The summed E-state index contributed by atoms with van der Waals surface area (Å²) in [5, 5.41) is 0. The van der Waals surface area contributed by atoms with Gasteiger partial charge in [0.15, 0.2) is 0 Å². The van der Waals surface area contributed by atoms with Crippen LogP contribution in [-0.4, -0.2) is 26.3 Å². The van der Waals surface area contributed by atoms with Crippen LogP contribution in [-0.2, 0) is 19.7 Å². The third-order valence-electron chi connectivity index (χ3n) is 6.26. The molecular weight excluding hydrogens is 360 g/mol. The van der Waals surface area contributed by atoms with Crippen LogP contribution in [0.25, 0.3) is 0 Å². The minimum absolute atomic E-state index is 0.0469. The molecule has 2 rings (SSSR count). The number of ether oxygens (including phenoxy) is 2. The molecule has 3 unspecified atom stereocenters. The van der Waals surface area contributed by atoms with E-state index in [9.17, 15) is 4.79 Å². The van der Waals surface area contributed by atoms with E-state index in [0.717, 1.165) is 12.2 Å². The van der Waals surface area contributed by atoms with Crippen LogP contribution >= 0.6 is 0 Å². The highest BCUT2D eigenvalue weighted by Gasteiger charge is 2.60. The zero-order chi connectivity index (χ0) is 21.8. The summed E-state index contributed by atoms with van der Waals surface area (Å²) in [6, 6.07) is 7.12. The summed E-state index contributed by atoms with van der Waals surface area (Å²) in [6.07, 6.45) is 5.85. The maximum Gasteiger partial charge on any atom is 0.330 e. The van der Waals surface area contributed by atoms with Crippen molar-refractivity contribution in [2.75, 3.05) is 20.3 Å². The summed E-state index contributed by atoms with van der Waals surface area (Å²) in [6.45, 7) is 16.3. The highest BCUT2D eigenvalue weighted by atomic mass is 16.5. The van der Waals surface area contributed by atoms with Gasteiger partial charge in [0.05, 0.1) is 13.2 Å². The van der Waals surface area contributed by atoms with E-state index in [1.165, 1.54) is 16.7 Å². The van der Waals surface area contributed by atoms with Crippen molar-refractivity contribution >= 4 is 5.97 Å². The van der Waals surface area contributed by atoms with Gasteiger partial charge >= 0.3 is 5.97 Å². The molecule has 1 saturated carbocycles. The molecule has 1 aromatic rings. The first-order chi connectivity index (χ1) is 13.6. The number of methoxy groups -OCH3 is 1. The molecule has 3 heteroatoms. The number of allylic oxidation sites excluding steroid dienone is 3. The van der Waals surface area contributed by atoms with E-state index in [0.29, 0.717) is 30.3 Å². The van der Waals surface area contributed by atoms with Crippen LogP contribution in [0.15, 0.2) is 42.0 Å². The maximum atomic E-state index is 11.7. The fraction of sp³-hybridized carbons (Fsp3) is 0.577. The third kappa shape index (κ3) is 5.39. The summed E-state index contributed by atoms with van der Waals surface area (Å²) < 4.78 is 10.6. The molecule has 1 aliphatic carbocycles. The van der Waals surface area contributed by atoms with Gasteiger partial charge in [0.25, 0.3) is 0 Å². The number of esters is 1. The quantitative estimate of drug-likeness (QED) is 0.284. The molecule has 3 atom stereocenters. The number of carbonyl (C=O) groups excluding carboxylic acids is 1. The number of hydrogen-bond acceptors (Lipinski definition) is 3. The molecular formula is C26H38O3. The molecule has 1 aliphatic rings. The molecule has 0 aliphatic heterocycles. The Balaban J connectivity index is 2.35. The normalized spacial score (nSPS) is 24.6. The summed E-state index contributed by atoms with van der Waals surface area (Å²) in [5.41, 5.74) is 5.16. The van der Waals surface area contributed by atoms with Crippen LogP contribution in [0.2, 0.25) is 0 Å². The molecule has 1 fully saturated rings. The Labute approximate surface area is 177 Å². The zero-order valence-corrected chi connectivity index (χ0v) is 19.4. The molecule has 0 spiro atoms. The van der Waals surface area contributed by atoms with Gasteiger partial charge in [0, 0.05) is 18.6 Å². The van der Waals surface area contributed by atoms with E-state index < -0.39 is 0 Å². The Morgan fingerprint density at radius 2 is 1.72 bits per heavy atom. The van der Waals surface area contributed by atoms with Crippen LogP contribution in [0.1, 0.15) is 77.0 Å². The lowest BCUT2D eigenvalue weighted by atomic mass is 9.86.